The molecule has 0 radical (unpaired) electrons. The highest BCUT2D eigenvalue weighted by Gasteiger charge is 2.25. The average molecular weight is 249 g/mol. The molecule has 1 aromatic carbocycles. The molecule has 0 spiro atoms. The van der Waals surface area contributed by atoms with Crippen LogP contribution in [-0.2, 0) is 11.2 Å². The number of aryl methyl sites for hydroxylation is 1. The number of rotatable bonds is 7. The molecule has 2 nitrogen and oxygen atoms in total. The van der Waals surface area contributed by atoms with E-state index in [0.717, 1.165) is 13.0 Å². The Morgan fingerprint density at radius 3 is 2.44 bits per heavy atom. The van der Waals surface area contributed by atoms with Crippen LogP contribution in [0.5, 0.6) is 0 Å². The minimum Gasteiger partial charge on any atom is -0.379 e. The van der Waals surface area contributed by atoms with E-state index in [1.807, 2.05) is 0 Å². The van der Waals surface area contributed by atoms with E-state index in [4.69, 9.17) is 4.74 Å². The fraction of sp³-hybridized carbons (Fsp3) is 0.625. The van der Waals surface area contributed by atoms with Gasteiger partial charge in [-0.25, -0.2) is 0 Å². The summed E-state index contributed by atoms with van der Waals surface area (Å²) in [5.74, 6) is 0.490. The second kappa shape index (κ2) is 7.55. The molecule has 0 aliphatic rings. The number of likely N-dealkylation sites (N-methyl/N-ethyl adjacent to an activating group) is 1. The summed E-state index contributed by atoms with van der Waals surface area (Å²) < 4.78 is 5.69. The molecule has 0 saturated heterocycles. The van der Waals surface area contributed by atoms with E-state index < -0.39 is 0 Å². The van der Waals surface area contributed by atoms with Gasteiger partial charge in [-0.3, -0.25) is 0 Å². The van der Waals surface area contributed by atoms with Gasteiger partial charge < -0.3 is 10.1 Å². The van der Waals surface area contributed by atoms with Crippen molar-refractivity contribution in [1.29, 1.82) is 0 Å². The third-order valence-electron chi connectivity index (χ3n) is 3.40. The SMILES string of the molecule is CCNC(c1cccc(CC)c1)C(OC)C(C)C. The van der Waals surface area contributed by atoms with Crippen LogP contribution < -0.4 is 5.32 Å². The molecule has 2 atom stereocenters. The van der Waals surface area contributed by atoms with Crippen LogP contribution in [0.25, 0.3) is 0 Å². The molecule has 0 bridgehead atoms. The lowest BCUT2D eigenvalue weighted by atomic mass is 9.92. The van der Waals surface area contributed by atoms with Gasteiger partial charge >= 0.3 is 0 Å². The van der Waals surface area contributed by atoms with Crippen LogP contribution in [0.1, 0.15) is 44.9 Å². The van der Waals surface area contributed by atoms with Crippen LogP contribution in [0.3, 0.4) is 0 Å². The minimum atomic E-state index is 0.206. The third kappa shape index (κ3) is 3.82. The van der Waals surface area contributed by atoms with Gasteiger partial charge in [0.15, 0.2) is 0 Å². The van der Waals surface area contributed by atoms with Crippen molar-refractivity contribution in [2.45, 2.75) is 46.3 Å². The van der Waals surface area contributed by atoms with Crippen LogP contribution in [0.4, 0.5) is 0 Å². The van der Waals surface area contributed by atoms with E-state index in [1.165, 1.54) is 11.1 Å². The predicted octanol–water partition coefficient (Wildman–Crippen LogP) is 3.57. The highest BCUT2D eigenvalue weighted by Crippen LogP contribution is 2.25. The summed E-state index contributed by atoms with van der Waals surface area (Å²) in [5.41, 5.74) is 2.71. The van der Waals surface area contributed by atoms with Crippen molar-refractivity contribution >= 4 is 0 Å². The largest absolute Gasteiger partial charge is 0.379 e. The topological polar surface area (TPSA) is 21.3 Å². The van der Waals surface area contributed by atoms with Crippen molar-refractivity contribution in [2.75, 3.05) is 13.7 Å². The molecule has 102 valence electrons. The molecule has 1 aromatic rings. The molecule has 0 aliphatic heterocycles. The first-order valence-electron chi connectivity index (χ1n) is 6.99. The molecule has 0 fully saturated rings. The van der Waals surface area contributed by atoms with Gasteiger partial charge in [-0.15, -0.1) is 0 Å². The highest BCUT2D eigenvalue weighted by atomic mass is 16.5. The summed E-state index contributed by atoms with van der Waals surface area (Å²) in [6, 6.07) is 9.09. The Balaban J connectivity index is 3.01. The van der Waals surface area contributed by atoms with Gasteiger partial charge in [0.1, 0.15) is 0 Å². The molecule has 0 aromatic heterocycles. The summed E-state index contributed by atoms with van der Waals surface area (Å²) in [6.07, 6.45) is 1.28. The van der Waals surface area contributed by atoms with Crippen molar-refractivity contribution in [3.05, 3.63) is 35.4 Å². The molecule has 0 heterocycles. The lowest BCUT2D eigenvalue weighted by Gasteiger charge is -2.30. The Bertz CT molecular complexity index is 349. The molecule has 2 unspecified atom stereocenters. The lowest BCUT2D eigenvalue weighted by molar-refractivity contribution is 0.0331. The van der Waals surface area contributed by atoms with Crippen molar-refractivity contribution in [2.24, 2.45) is 5.92 Å². The fourth-order valence-corrected chi connectivity index (χ4v) is 2.44. The van der Waals surface area contributed by atoms with Gasteiger partial charge in [0.25, 0.3) is 0 Å². The van der Waals surface area contributed by atoms with E-state index in [9.17, 15) is 0 Å². The number of methoxy groups -OCH3 is 1. The monoisotopic (exact) mass is 249 g/mol. The smallest absolute Gasteiger partial charge is 0.0788 e. The van der Waals surface area contributed by atoms with Crippen LogP contribution >= 0.6 is 0 Å². The zero-order valence-electron chi connectivity index (χ0n) is 12.4. The van der Waals surface area contributed by atoms with Gasteiger partial charge in [0.2, 0.25) is 0 Å². The summed E-state index contributed by atoms with van der Waals surface area (Å²) in [4.78, 5) is 0. The predicted molar refractivity (Wildman–Crippen MR) is 77.9 cm³/mol. The second-order valence-corrected chi connectivity index (χ2v) is 5.08. The molecule has 2 heteroatoms. The minimum absolute atomic E-state index is 0.206. The van der Waals surface area contributed by atoms with E-state index in [1.54, 1.807) is 7.11 Å². The maximum atomic E-state index is 5.69. The molecular weight excluding hydrogens is 222 g/mol. The first-order valence-corrected chi connectivity index (χ1v) is 6.99. The van der Waals surface area contributed by atoms with Crippen molar-refractivity contribution in [3.8, 4) is 0 Å². The Kier molecular flexibility index (Phi) is 6.37. The van der Waals surface area contributed by atoms with Crippen LogP contribution in [-0.4, -0.2) is 19.8 Å². The van der Waals surface area contributed by atoms with Crippen molar-refractivity contribution < 1.29 is 4.74 Å². The number of ether oxygens (including phenoxy) is 1. The van der Waals surface area contributed by atoms with Gasteiger partial charge in [0, 0.05) is 7.11 Å². The molecule has 0 aliphatic carbocycles. The zero-order valence-corrected chi connectivity index (χ0v) is 12.4. The van der Waals surface area contributed by atoms with Gasteiger partial charge in [-0.05, 0) is 30.0 Å². The fourth-order valence-electron chi connectivity index (χ4n) is 2.44. The van der Waals surface area contributed by atoms with Crippen LogP contribution in [0.15, 0.2) is 24.3 Å². The first-order chi connectivity index (χ1) is 8.63. The highest BCUT2D eigenvalue weighted by molar-refractivity contribution is 5.27. The number of nitrogens with one attached hydrogen (secondary N) is 1. The lowest BCUT2D eigenvalue weighted by Crippen LogP contribution is -2.36. The summed E-state index contributed by atoms with van der Waals surface area (Å²) in [7, 11) is 1.80. The van der Waals surface area contributed by atoms with Crippen LogP contribution in [0, 0.1) is 5.92 Å². The molecule has 1 N–H and O–H groups in total. The van der Waals surface area contributed by atoms with Gasteiger partial charge in [-0.1, -0.05) is 52.0 Å². The number of benzene rings is 1. The van der Waals surface area contributed by atoms with E-state index in [-0.39, 0.29) is 12.1 Å². The quantitative estimate of drug-likeness (QED) is 0.797. The maximum Gasteiger partial charge on any atom is 0.0788 e. The average Bonchev–Trinajstić information content (AvgIpc) is 2.38. The molecule has 1 rings (SSSR count). The Morgan fingerprint density at radius 1 is 1.22 bits per heavy atom. The molecule has 0 amide bonds. The summed E-state index contributed by atoms with van der Waals surface area (Å²) in [6.45, 7) is 9.71. The standard InChI is InChI=1S/C16H27NO/c1-6-13-9-8-10-14(11-13)15(17-7-2)16(18-5)12(3)4/h8-12,15-17H,6-7H2,1-5H3. The second-order valence-electron chi connectivity index (χ2n) is 5.08. The first kappa shape index (κ1) is 15.2. The molecule has 0 saturated carbocycles. The summed E-state index contributed by atoms with van der Waals surface area (Å²) in [5, 5.41) is 3.56. The number of hydrogen-bond acceptors (Lipinski definition) is 2. The normalized spacial score (nSPS) is 14.8. The van der Waals surface area contributed by atoms with E-state index in [2.05, 4.69) is 57.3 Å². The Labute approximate surface area is 112 Å². The van der Waals surface area contributed by atoms with Crippen LogP contribution in [0.2, 0.25) is 0 Å². The van der Waals surface area contributed by atoms with Crippen molar-refractivity contribution in [3.63, 3.8) is 0 Å². The maximum absolute atomic E-state index is 5.69. The summed E-state index contributed by atoms with van der Waals surface area (Å²) >= 11 is 0. The van der Waals surface area contributed by atoms with Crippen molar-refractivity contribution in [1.82, 2.24) is 5.32 Å². The third-order valence-corrected chi connectivity index (χ3v) is 3.40. The Hall–Kier alpha value is -0.860. The van der Waals surface area contributed by atoms with Gasteiger partial charge in [-0.2, -0.15) is 0 Å². The number of hydrogen-bond donors (Lipinski definition) is 1. The molecular formula is C16H27NO. The Morgan fingerprint density at radius 2 is 1.94 bits per heavy atom. The zero-order chi connectivity index (χ0) is 13.5. The van der Waals surface area contributed by atoms with Gasteiger partial charge in [0.05, 0.1) is 12.1 Å². The molecule has 18 heavy (non-hydrogen) atoms. The van der Waals surface area contributed by atoms with E-state index >= 15 is 0 Å². The van der Waals surface area contributed by atoms with E-state index in [0.29, 0.717) is 5.92 Å².